The minimum absolute atomic E-state index is 0.0477. The average Bonchev–Trinajstić information content (AvgIpc) is 3.15. The van der Waals surface area contributed by atoms with Crippen LogP contribution < -0.4 is 10.1 Å². The Kier molecular flexibility index (Phi) is 5.60. The van der Waals surface area contributed by atoms with E-state index in [1.54, 1.807) is 24.3 Å². The van der Waals surface area contributed by atoms with E-state index in [1.165, 1.54) is 18.4 Å². The number of benzene rings is 2. The summed E-state index contributed by atoms with van der Waals surface area (Å²) in [5.74, 6) is -0.778. The number of nitrogens with zero attached hydrogens (tertiary/aromatic N) is 1. The monoisotopic (exact) mass is 356 g/mol. The molecule has 2 aromatic carbocycles. The first-order valence-corrected chi connectivity index (χ1v) is 7.96. The second-order valence-corrected chi connectivity index (χ2v) is 5.46. The first kappa shape index (κ1) is 17.6. The molecule has 0 aliphatic heterocycles. The van der Waals surface area contributed by atoms with Gasteiger partial charge in [0.1, 0.15) is 6.26 Å². The van der Waals surface area contributed by atoms with E-state index < -0.39 is 17.8 Å². The van der Waals surface area contributed by atoms with Crippen LogP contribution in [0.15, 0.2) is 65.3 Å². The number of aliphatic hydroxyl groups excluding tert-OH is 1. The van der Waals surface area contributed by atoms with Crippen LogP contribution in [0.5, 0.6) is 5.75 Å². The maximum absolute atomic E-state index is 13.5. The van der Waals surface area contributed by atoms with Crippen molar-refractivity contribution in [1.29, 1.82) is 0 Å². The van der Waals surface area contributed by atoms with Crippen molar-refractivity contribution in [2.75, 3.05) is 6.61 Å². The van der Waals surface area contributed by atoms with E-state index in [0.29, 0.717) is 0 Å². The third-order valence-electron chi connectivity index (χ3n) is 3.66. The molecule has 0 bridgehead atoms. The van der Waals surface area contributed by atoms with Gasteiger partial charge in [0.25, 0.3) is 5.91 Å². The molecule has 1 aromatic heterocycles. The zero-order valence-corrected chi connectivity index (χ0v) is 13.8. The second kappa shape index (κ2) is 8.26. The quantitative estimate of drug-likeness (QED) is 0.680. The number of hydrogen-bond donors (Lipinski definition) is 2. The summed E-state index contributed by atoms with van der Waals surface area (Å²) in [6.45, 7) is -0.368. The number of hydrogen-bond acceptors (Lipinski definition) is 5. The number of ether oxygens (including phenoxy) is 1. The number of amides is 1. The van der Waals surface area contributed by atoms with Gasteiger partial charge in [0.15, 0.2) is 23.9 Å². The molecule has 3 aromatic rings. The van der Waals surface area contributed by atoms with Gasteiger partial charge in [-0.2, -0.15) is 0 Å². The van der Waals surface area contributed by atoms with Crippen LogP contribution in [-0.2, 0) is 6.61 Å². The van der Waals surface area contributed by atoms with Crippen molar-refractivity contribution in [2.45, 2.75) is 12.6 Å². The van der Waals surface area contributed by atoms with Crippen molar-refractivity contribution < 1.29 is 23.4 Å². The minimum atomic E-state index is -0.557. The second-order valence-electron chi connectivity index (χ2n) is 5.46. The first-order chi connectivity index (χ1) is 12.7. The predicted molar refractivity (Wildman–Crippen MR) is 91.0 cm³/mol. The van der Waals surface area contributed by atoms with Gasteiger partial charge in [-0.3, -0.25) is 4.79 Å². The molecular formula is C19H17FN2O4. The lowest BCUT2D eigenvalue weighted by atomic mass is 10.1. The maximum Gasteiger partial charge on any atom is 0.273 e. The topological polar surface area (TPSA) is 84.6 Å². The Hall–Kier alpha value is -3.19. The molecule has 0 unspecified atom stereocenters. The van der Waals surface area contributed by atoms with Gasteiger partial charge in [0, 0.05) is 0 Å². The van der Waals surface area contributed by atoms with E-state index in [-0.39, 0.29) is 30.5 Å². The molecule has 7 heteroatoms. The lowest BCUT2D eigenvalue weighted by molar-refractivity contribution is 0.0911. The van der Waals surface area contributed by atoms with Crippen molar-refractivity contribution >= 4 is 5.91 Å². The van der Waals surface area contributed by atoms with Crippen LogP contribution in [-0.4, -0.2) is 22.6 Å². The Morgan fingerprint density at radius 1 is 1.19 bits per heavy atom. The van der Waals surface area contributed by atoms with Gasteiger partial charge in [-0.1, -0.05) is 42.5 Å². The number of rotatable bonds is 7. The molecule has 2 N–H and O–H groups in total. The number of aliphatic hydroxyl groups is 1. The first-order valence-electron chi connectivity index (χ1n) is 7.96. The smallest absolute Gasteiger partial charge is 0.273 e. The Labute approximate surface area is 149 Å². The molecule has 0 aliphatic carbocycles. The number of nitrogens with one attached hydrogen (secondary N) is 1. The standard InChI is InChI=1S/C19H17FN2O4/c20-14-8-4-5-9-17(14)25-12-18-21-16(11-26-18)19(24)22-15(10-23)13-6-2-1-3-7-13/h1-9,11,15,23H,10,12H2,(H,22,24)/t15-/m1/s1. The summed E-state index contributed by atoms with van der Waals surface area (Å²) in [4.78, 5) is 16.3. The van der Waals surface area contributed by atoms with Gasteiger partial charge in [-0.25, -0.2) is 9.37 Å². The van der Waals surface area contributed by atoms with Crippen LogP contribution in [0.4, 0.5) is 4.39 Å². The van der Waals surface area contributed by atoms with Gasteiger partial charge < -0.3 is 19.6 Å². The lowest BCUT2D eigenvalue weighted by Crippen LogP contribution is -2.31. The van der Waals surface area contributed by atoms with Gasteiger partial charge in [0.05, 0.1) is 12.6 Å². The molecule has 0 radical (unpaired) electrons. The summed E-state index contributed by atoms with van der Waals surface area (Å²) in [6.07, 6.45) is 1.19. The van der Waals surface area contributed by atoms with E-state index in [2.05, 4.69) is 10.3 Å². The predicted octanol–water partition coefficient (Wildman–Crippen LogP) is 2.86. The highest BCUT2D eigenvalue weighted by Gasteiger charge is 2.18. The number of carbonyl (C=O) groups excluding carboxylic acids is 1. The van der Waals surface area contributed by atoms with Crippen molar-refractivity contribution in [2.24, 2.45) is 0 Å². The minimum Gasteiger partial charge on any atom is -0.481 e. The highest BCUT2D eigenvalue weighted by molar-refractivity contribution is 5.92. The molecule has 0 saturated heterocycles. The fourth-order valence-electron chi connectivity index (χ4n) is 2.33. The molecule has 0 fully saturated rings. The molecule has 134 valence electrons. The average molecular weight is 356 g/mol. The Bertz CT molecular complexity index is 867. The summed E-state index contributed by atoms with van der Waals surface area (Å²) in [7, 11) is 0. The zero-order valence-electron chi connectivity index (χ0n) is 13.8. The van der Waals surface area contributed by atoms with E-state index in [9.17, 15) is 14.3 Å². The largest absolute Gasteiger partial charge is 0.481 e. The molecule has 1 heterocycles. The van der Waals surface area contributed by atoms with Crippen molar-refractivity contribution in [3.8, 4) is 5.75 Å². The van der Waals surface area contributed by atoms with Crippen LogP contribution in [0.1, 0.15) is 28.0 Å². The molecule has 26 heavy (non-hydrogen) atoms. The zero-order chi connectivity index (χ0) is 18.4. The third-order valence-corrected chi connectivity index (χ3v) is 3.66. The normalized spacial score (nSPS) is 11.8. The molecule has 0 aliphatic rings. The number of halogens is 1. The third kappa shape index (κ3) is 4.25. The molecule has 0 spiro atoms. The van der Waals surface area contributed by atoms with Crippen LogP contribution in [0.3, 0.4) is 0 Å². The van der Waals surface area contributed by atoms with Crippen LogP contribution in [0.2, 0.25) is 0 Å². The van der Waals surface area contributed by atoms with E-state index >= 15 is 0 Å². The van der Waals surface area contributed by atoms with E-state index in [4.69, 9.17) is 9.15 Å². The van der Waals surface area contributed by atoms with Crippen molar-refractivity contribution in [3.05, 3.63) is 83.8 Å². The Morgan fingerprint density at radius 2 is 1.92 bits per heavy atom. The van der Waals surface area contributed by atoms with Crippen molar-refractivity contribution in [1.82, 2.24) is 10.3 Å². The van der Waals surface area contributed by atoms with Gasteiger partial charge in [-0.15, -0.1) is 0 Å². The van der Waals surface area contributed by atoms with Gasteiger partial charge in [0.2, 0.25) is 5.89 Å². The Morgan fingerprint density at radius 3 is 2.65 bits per heavy atom. The number of aromatic nitrogens is 1. The Balaban J connectivity index is 1.61. The summed E-state index contributed by atoms with van der Waals surface area (Å²) in [6, 6.07) is 14.5. The van der Waals surface area contributed by atoms with E-state index in [0.717, 1.165) is 5.56 Å². The molecule has 1 amide bonds. The fraction of sp³-hybridized carbons (Fsp3) is 0.158. The highest BCUT2D eigenvalue weighted by atomic mass is 19.1. The SMILES string of the molecule is O=C(N[C@H](CO)c1ccccc1)c1coc(COc2ccccc2F)n1. The molecular weight excluding hydrogens is 339 g/mol. The number of carbonyl (C=O) groups is 1. The summed E-state index contributed by atoms with van der Waals surface area (Å²) in [5.41, 5.74) is 0.821. The highest BCUT2D eigenvalue weighted by Crippen LogP contribution is 2.17. The van der Waals surface area contributed by atoms with E-state index in [1.807, 2.05) is 18.2 Å². The van der Waals surface area contributed by atoms with Gasteiger partial charge in [-0.05, 0) is 17.7 Å². The molecule has 1 atom stereocenters. The van der Waals surface area contributed by atoms with Crippen molar-refractivity contribution in [3.63, 3.8) is 0 Å². The molecule has 0 saturated carbocycles. The molecule has 6 nitrogen and oxygen atoms in total. The van der Waals surface area contributed by atoms with Crippen LogP contribution >= 0.6 is 0 Å². The molecule has 3 rings (SSSR count). The summed E-state index contributed by atoms with van der Waals surface area (Å²) >= 11 is 0. The maximum atomic E-state index is 13.5. The lowest BCUT2D eigenvalue weighted by Gasteiger charge is -2.15. The fourth-order valence-corrected chi connectivity index (χ4v) is 2.33. The number of para-hydroxylation sites is 1. The summed E-state index contributed by atoms with van der Waals surface area (Å²) in [5, 5.41) is 12.2. The van der Waals surface area contributed by atoms with Gasteiger partial charge >= 0.3 is 0 Å². The summed E-state index contributed by atoms with van der Waals surface area (Å²) < 4.78 is 24.0. The number of oxazole rings is 1. The van der Waals surface area contributed by atoms with Crippen LogP contribution in [0.25, 0.3) is 0 Å². The van der Waals surface area contributed by atoms with Crippen LogP contribution in [0, 0.1) is 5.82 Å².